The van der Waals surface area contributed by atoms with Gasteiger partial charge in [-0.05, 0) is 38.1 Å². The highest BCUT2D eigenvalue weighted by atomic mass is 16.6. The summed E-state index contributed by atoms with van der Waals surface area (Å²) in [6.07, 6.45) is -0.176. The average molecular weight is 314 g/mol. The number of nitro benzene ring substituents is 1. The van der Waals surface area contributed by atoms with Gasteiger partial charge in [0.2, 0.25) is 0 Å². The molecule has 0 aromatic heterocycles. The first-order valence-electron chi connectivity index (χ1n) is 7.22. The van der Waals surface area contributed by atoms with Crippen LogP contribution in [-0.2, 0) is 0 Å². The van der Waals surface area contributed by atoms with Crippen LogP contribution in [0.5, 0.6) is 5.75 Å². The van der Waals surface area contributed by atoms with E-state index in [1.165, 1.54) is 13.0 Å². The molecule has 0 aliphatic carbocycles. The van der Waals surface area contributed by atoms with Crippen molar-refractivity contribution in [1.29, 1.82) is 0 Å². The van der Waals surface area contributed by atoms with Gasteiger partial charge >= 0.3 is 0 Å². The molecule has 6 nitrogen and oxygen atoms in total. The number of rotatable bonds is 7. The van der Waals surface area contributed by atoms with E-state index < -0.39 is 4.92 Å². The van der Waals surface area contributed by atoms with Crippen molar-refractivity contribution in [3.63, 3.8) is 0 Å². The Morgan fingerprint density at radius 2 is 1.96 bits per heavy atom. The zero-order valence-corrected chi connectivity index (χ0v) is 13.0. The summed E-state index contributed by atoms with van der Waals surface area (Å²) in [5, 5.41) is 14.2. The number of para-hydroxylation sites is 1. The molecule has 0 fully saturated rings. The molecule has 2 rings (SSSR count). The standard InChI is InChI=1S/C17H18N2O4/c1-12(23-15-6-4-3-5-7-15)11-18-16-9-8-14(13(2)20)10-17(16)19(21)22/h3-10,12,18H,11H2,1-2H3. The van der Waals surface area contributed by atoms with Crippen molar-refractivity contribution in [3.05, 3.63) is 64.2 Å². The Labute approximate surface area is 134 Å². The lowest BCUT2D eigenvalue weighted by Gasteiger charge is -2.16. The maximum absolute atomic E-state index is 11.3. The van der Waals surface area contributed by atoms with Gasteiger partial charge in [0, 0.05) is 11.6 Å². The van der Waals surface area contributed by atoms with Crippen molar-refractivity contribution in [1.82, 2.24) is 0 Å². The fourth-order valence-corrected chi connectivity index (χ4v) is 2.08. The van der Waals surface area contributed by atoms with Gasteiger partial charge in [0.1, 0.15) is 17.5 Å². The molecule has 1 atom stereocenters. The van der Waals surface area contributed by atoms with Crippen LogP contribution in [0.1, 0.15) is 24.2 Å². The minimum Gasteiger partial charge on any atom is -0.489 e. The van der Waals surface area contributed by atoms with Gasteiger partial charge in [0.25, 0.3) is 5.69 Å². The first-order valence-corrected chi connectivity index (χ1v) is 7.22. The van der Waals surface area contributed by atoms with E-state index in [1.807, 2.05) is 37.3 Å². The quantitative estimate of drug-likeness (QED) is 0.479. The van der Waals surface area contributed by atoms with Crippen LogP contribution in [0.2, 0.25) is 0 Å². The summed E-state index contributed by atoms with van der Waals surface area (Å²) in [6, 6.07) is 13.7. The van der Waals surface area contributed by atoms with E-state index in [0.29, 0.717) is 17.8 Å². The molecule has 0 aliphatic heterocycles. The SMILES string of the molecule is CC(=O)c1ccc(NCC(C)Oc2ccccc2)c([N+](=O)[O-])c1. The number of nitrogens with one attached hydrogen (secondary N) is 1. The number of ketones is 1. The van der Waals surface area contributed by atoms with Gasteiger partial charge in [-0.2, -0.15) is 0 Å². The minimum atomic E-state index is -0.502. The molecule has 0 saturated carbocycles. The Morgan fingerprint density at radius 3 is 2.57 bits per heavy atom. The molecule has 1 unspecified atom stereocenters. The number of benzene rings is 2. The fourth-order valence-electron chi connectivity index (χ4n) is 2.08. The van der Waals surface area contributed by atoms with Crippen molar-refractivity contribution in [2.24, 2.45) is 0 Å². The first kappa shape index (κ1) is 16.5. The van der Waals surface area contributed by atoms with Gasteiger partial charge in [0.15, 0.2) is 5.78 Å². The highest BCUT2D eigenvalue weighted by molar-refractivity contribution is 5.95. The summed E-state index contributed by atoms with van der Waals surface area (Å²) in [5.74, 6) is 0.531. The van der Waals surface area contributed by atoms with Crippen LogP contribution < -0.4 is 10.1 Å². The van der Waals surface area contributed by atoms with Gasteiger partial charge in [-0.1, -0.05) is 18.2 Å². The Bertz CT molecular complexity index is 701. The smallest absolute Gasteiger partial charge is 0.293 e. The van der Waals surface area contributed by atoms with Crippen molar-refractivity contribution in [3.8, 4) is 5.75 Å². The molecule has 0 radical (unpaired) electrons. The lowest BCUT2D eigenvalue weighted by atomic mass is 10.1. The second-order valence-corrected chi connectivity index (χ2v) is 5.17. The topological polar surface area (TPSA) is 81.5 Å². The number of hydrogen-bond donors (Lipinski definition) is 1. The fraction of sp³-hybridized carbons (Fsp3) is 0.235. The molecule has 1 N–H and O–H groups in total. The van der Waals surface area contributed by atoms with E-state index in [0.717, 1.165) is 5.75 Å². The highest BCUT2D eigenvalue weighted by Crippen LogP contribution is 2.26. The number of hydrogen-bond acceptors (Lipinski definition) is 5. The Balaban J connectivity index is 2.05. The molecule has 0 heterocycles. The molecule has 0 amide bonds. The van der Waals surface area contributed by atoms with Crippen LogP contribution in [0.25, 0.3) is 0 Å². The van der Waals surface area contributed by atoms with Crippen LogP contribution in [0.4, 0.5) is 11.4 Å². The van der Waals surface area contributed by atoms with E-state index in [9.17, 15) is 14.9 Å². The molecule has 23 heavy (non-hydrogen) atoms. The van der Waals surface area contributed by atoms with Crippen LogP contribution in [0.15, 0.2) is 48.5 Å². The number of anilines is 1. The highest BCUT2D eigenvalue weighted by Gasteiger charge is 2.16. The molecule has 0 aliphatic rings. The summed E-state index contributed by atoms with van der Waals surface area (Å²) in [6.45, 7) is 3.65. The molecule has 0 saturated heterocycles. The Kier molecular flexibility index (Phi) is 5.30. The van der Waals surface area contributed by atoms with E-state index in [4.69, 9.17) is 4.74 Å². The van der Waals surface area contributed by atoms with Crippen molar-refractivity contribution in [2.75, 3.05) is 11.9 Å². The number of nitro groups is 1. The predicted octanol–water partition coefficient (Wildman–Crippen LogP) is 3.68. The van der Waals surface area contributed by atoms with Crippen molar-refractivity contribution in [2.45, 2.75) is 20.0 Å². The summed E-state index contributed by atoms with van der Waals surface area (Å²) < 4.78 is 5.71. The van der Waals surface area contributed by atoms with Gasteiger partial charge in [-0.25, -0.2) is 0 Å². The second-order valence-electron chi connectivity index (χ2n) is 5.17. The molecule has 120 valence electrons. The van der Waals surface area contributed by atoms with Gasteiger partial charge in [-0.15, -0.1) is 0 Å². The van der Waals surface area contributed by atoms with E-state index in [-0.39, 0.29) is 17.6 Å². The third-order valence-corrected chi connectivity index (χ3v) is 3.26. The molecule has 2 aromatic carbocycles. The molecule has 2 aromatic rings. The number of ether oxygens (including phenoxy) is 1. The number of carbonyl (C=O) groups excluding carboxylic acids is 1. The third kappa shape index (κ3) is 4.54. The van der Waals surface area contributed by atoms with Gasteiger partial charge < -0.3 is 10.1 Å². The lowest BCUT2D eigenvalue weighted by molar-refractivity contribution is -0.384. The van der Waals surface area contributed by atoms with Gasteiger partial charge in [0.05, 0.1) is 11.5 Å². The normalized spacial score (nSPS) is 11.6. The van der Waals surface area contributed by atoms with Crippen LogP contribution in [-0.4, -0.2) is 23.4 Å². The Hall–Kier alpha value is -2.89. The number of nitrogens with zero attached hydrogens (tertiary/aromatic N) is 1. The Morgan fingerprint density at radius 1 is 1.26 bits per heavy atom. The molecular weight excluding hydrogens is 296 g/mol. The van der Waals surface area contributed by atoms with Crippen LogP contribution in [0.3, 0.4) is 0 Å². The van der Waals surface area contributed by atoms with Crippen LogP contribution in [0, 0.1) is 10.1 Å². The second kappa shape index (κ2) is 7.40. The summed E-state index contributed by atoms with van der Waals surface area (Å²) in [5.41, 5.74) is 0.559. The van der Waals surface area contributed by atoms with E-state index in [1.54, 1.807) is 12.1 Å². The lowest BCUT2D eigenvalue weighted by Crippen LogP contribution is -2.23. The van der Waals surface area contributed by atoms with Crippen LogP contribution >= 0.6 is 0 Å². The molecule has 0 bridgehead atoms. The zero-order chi connectivity index (χ0) is 16.8. The number of carbonyl (C=O) groups is 1. The average Bonchev–Trinajstić information content (AvgIpc) is 2.53. The summed E-state index contributed by atoms with van der Waals surface area (Å²) in [7, 11) is 0. The summed E-state index contributed by atoms with van der Waals surface area (Å²) >= 11 is 0. The third-order valence-electron chi connectivity index (χ3n) is 3.26. The van der Waals surface area contributed by atoms with E-state index >= 15 is 0 Å². The zero-order valence-electron chi connectivity index (χ0n) is 13.0. The maximum atomic E-state index is 11.3. The summed E-state index contributed by atoms with van der Waals surface area (Å²) in [4.78, 5) is 22.0. The van der Waals surface area contributed by atoms with Crippen molar-refractivity contribution >= 4 is 17.2 Å². The van der Waals surface area contributed by atoms with Gasteiger partial charge in [-0.3, -0.25) is 14.9 Å². The largest absolute Gasteiger partial charge is 0.489 e. The predicted molar refractivity (Wildman–Crippen MR) is 88.1 cm³/mol. The monoisotopic (exact) mass is 314 g/mol. The number of Topliss-reactive ketones (excluding diaryl/α,β-unsaturated/α-hetero) is 1. The van der Waals surface area contributed by atoms with Crippen molar-refractivity contribution < 1.29 is 14.5 Å². The molecule has 6 heteroatoms. The first-order chi connectivity index (χ1) is 11.0. The minimum absolute atomic E-state index is 0.121. The maximum Gasteiger partial charge on any atom is 0.293 e. The molecule has 0 spiro atoms. The molecular formula is C17H18N2O4. The van der Waals surface area contributed by atoms with E-state index in [2.05, 4.69) is 5.32 Å².